The number of morpholine rings is 1. The Kier molecular flexibility index (Phi) is 4.63. The van der Waals surface area contributed by atoms with Crippen molar-refractivity contribution in [3.05, 3.63) is 41.7 Å². The van der Waals surface area contributed by atoms with Crippen molar-refractivity contribution < 1.29 is 18.7 Å². The summed E-state index contributed by atoms with van der Waals surface area (Å²) in [7, 11) is 0. The molecular weight excluding hydrogens is 299 g/mol. The van der Waals surface area contributed by atoms with Crippen LogP contribution in [0.5, 0.6) is 5.75 Å². The largest absolute Gasteiger partial charge is 0.489 e. The molecule has 0 radical (unpaired) electrons. The van der Waals surface area contributed by atoms with Crippen LogP contribution in [-0.4, -0.2) is 43.7 Å². The zero-order valence-corrected chi connectivity index (χ0v) is 13.0. The average Bonchev–Trinajstić information content (AvgIpc) is 3.38. The van der Waals surface area contributed by atoms with Gasteiger partial charge in [0.15, 0.2) is 0 Å². The molecule has 1 aliphatic heterocycles. The summed E-state index contributed by atoms with van der Waals surface area (Å²) < 4.78 is 23.2. The fraction of sp³-hybridized carbons (Fsp3) is 0.471. The second-order valence-corrected chi connectivity index (χ2v) is 5.91. The number of amides is 1. The number of ether oxygens (including phenoxy) is 2. The van der Waals surface area contributed by atoms with Crippen LogP contribution in [0.4, 0.5) is 4.39 Å². The maximum absolute atomic E-state index is 12.5. The van der Waals surface area contributed by atoms with Gasteiger partial charge in [-0.15, -0.1) is 0 Å². The first-order valence-corrected chi connectivity index (χ1v) is 7.79. The van der Waals surface area contributed by atoms with Crippen molar-refractivity contribution >= 4 is 5.91 Å². The van der Waals surface area contributed by atoms with E-state index >= 15 is 0 Å². The SMILES string of the molecule is NCC(=CF)COc1ccc(C2(N3CCOCC3=O)CC2)cc1. The molecule has 1 heterocycles. The van der Waals surface area contributed by atoms with Crippen LogP contribution >= 0.6 is 0 Å². The van der Waals surface area contributed by atoms with E-state index < -0.39 is 0 Å². The summed E-state index contributed by atoms with van der Waals surface area (Å²) in [5, 5.41) is 0. The Balaban J connectivity index is 1.68. The standard InChI is InChI=1S/C17H21FN2O3/c18-9-13(10-19)11-23-15-3-1-14(2-4-15)17(5-6-17)20-7-8-22-12-16(20)21/h1-4,9H,5-8,10-12,19H2. The Morgan fingerprint density at radius 2 is 2.13 bits per heavy atom. The minimum atomic E-state index is -0.180. The summed E-state index contributed by atoms with van der Waals surface area (Å²) >= 11 is 0. The lowest BCUT2D eigenvalue weighted by molar-refractivity contribution is -0.147. The van der Waals surface area contributed by atoms with Crippen molar-refractivity contribution in [2.75, 3.05) is 32.9 Å². The number of carbonyl (C=O) groups is 1. The van der Waals surface area contributed by atoms with Crippen molar-refractivity contribution in [3.8, 4) is 5.75 Å². The maximum atomic E-state index is 12.5. The van der Waals surface area contributed by atoms with Gasteiger partial charge in [0.25, 0.3) is 0 Å². The molecular formula is C17H21FN2O3. The minimum Gasteiger partial charge on any atom is -0.489 e. The lowest BCUT2D eigenvalue weighted by atomic mass is 10.0. The fourth-order valence-electron chi connectivity index (χ4n) is 2.98. The molecule has 0 bridgehead atoms. The predicted molar refractivity (Wildman–Crippen MR) is 83.6 cm³/mol. The summed E-state index contributed by atoms with van der Waals surface area (Å²) in [6.45, 7) is 1.67. The molecule has 0 unspecified atom stereocenters. The number of hydrogen-bond donors (Lipinski definition) is 1. The molecule has 1 saturated carbocycles. The Hall–Kier alpha value is -1.92. The summed E-state index contributed by atoms with van der Waals surface area (Å²) in [5.74, 6) is 0.709. The van der Waals surface area contributed by atoms with Crippen molar-refractivity contribution in [1.82, 2.24) is 4.90 Å². The second-order valence-electron chi connectivity index (χ2n) is 5.91. The van der Waals surface area contributed by atoms with Gasteiger partial charge in [0.2, 0.25) is 5.91 Å². The van der Waals surface area contributed by atoms with E-state index in [-0.39, 0.29) is 31.2 Å². The number of carbonyl (C=O) groups excluding carboxylic acids is 1. The molecule has 2 N–H and O–H groups in total. The summed E-state index contributed by atoms with van der Waals surface area (Å²) in [5.41, 5.74) is 6.74. The Bertz CT molecular complexity index is 596. The molecule has 2 fully saturated rings. The smallest absolute Gasteiger partial charge is 0.249 e. The van der Waals surface area contributed by atoms with Crippen molar-refractivity contribution in [2.45, 2.75) is 18.4 Å². The molecule has 5 nitrogen and oxygen atoms in total. The number of benzene rings is 1. The molecule has 1 saturated heterocycles. The highest BCUT2D eigenvalue weighted by atomic mass is 19.1. The van der Waals surface area contributed by atoms with Crippen LogP contribution in [-0.2, 0) is 15.1 Å². The molecule has 23 heavy (non-hydrogen) atoms. The molecule has 0 spiro atoms. The third kappa shape index (κ3) is 3.23. The molecule has 124 valence electrons. The number of halogens is 1. The highest BCUT2D eigenvalue weighted by molar-refractivity contribution is 5.79. The van der Waals surface area contributed by atoms with Crippen molar-refractivity contribution in [3.63, 3.8) is 0 Å². The van der Waals surface area contributed by atoms with Gasteiger partial charge in [-0.3, -0.25) is 4.79 Å². The zero-order valence-electron chi connectivity index (χ0n) is 13.0. The molecule has 1 amide bonds. The third-order valence-corrected chi connectivity index (χ3v) is 4.46. The van der Waals surface area contributed by atoms with Crippen molar-refractivity contribution in [1.29, 1.82) is 0 Å². The quantitative estimate of drug-likeness (QED) is 0.867. The molecule has 3 rings (SSSR count). The van der Waals surface area contributed by atoms with E-state index in [2.05, 4.69) is 0 Å². The van der Waals surface area contributed by atoms with Crippen LogP contribution in [0.25, 0.3) is 0 Å². The van der Waals surface area contributed by atoms with E-state index in [0.717, 1.165) is 18.4 Å². The number of nitrogens with zero attached hydrogens (tertiary/aromatic N) is 1. The Morgan fingerprint density at radius 3 is 2.70 bits per heavy atom. The van der Waals surface area contributed by atoms with Crippen LogP contribution in [0, 0.1) is 0 Å². The van der Waals surface area contributed by atoms with E-state index in [1.807, 2.05) is 29.2 Å². The van der Waals surface area contributed by atoms with Crippen LogP contribution in [0.15, 0.2) is 36.2 Å². The predicted octanol–water partition coefficient (Wildman–Crippen LogP) is 1.73. The molecule has 0 aromatic heterocycles. The molecule has 6 heteroatoms. The highest BCUT2D eigenvalue weighted by Crippen LogP contribution is 2.51. The number of hydrogen-bond acceptors (Lipinski definition) is 4. The van der Waals surface area contributed by atoms with Crippen LogP contribution in [0.1, 0.15) is 18.4 Å². The molecule has 2 aliphatic rings. The first-order valence-electron chi connectivity index (χ1n) is 7.79. The van der Waals surface area contributed by atoms with Gasteiger partial charge in [0, 0.05) is 18.7 Å². The second kappa shape index (κ2) is 6.68. The lowest BCUT2D eigenvalue weighted by Gasteiger charge is -2.35. The van der Waals surface area contributed by atoms with Gasteiger partial charge in [0.1, 0.15) is 19.0 Å². The summed E-state index contributed by atoms with van der Waals surface area (Å²) in [6.07, 6.45) is 2.43. The van der Waals surface area contributed by atoms with Crippen molar-refractivity contribution in [2.24, 2.45) is 5.73 Å². The first-order chi connectivity index (χ1) is 11.2. The van der Waals surface area contributed by atoms with Gasteiger partial charge in [-0.05, 0) is 30.5 Å². The zero-order chi connectivity index (χ0) is 16.3. The Morgan fingerprint density at radius 1 is 1.39 bits per heavy atom. The van der Waals surface area contributed by atoms with E-state index in [1.54, 1.807) is 0 Å². The molecule has 1 aliphatic carbocycles. The van der Waals surface area contributed by atoms with Crippen LogP contribution < -0.4 is 10.5 Å². The molecule has 0 atom stereocenters. The van der Waals surface area contributed by atoms with Gasteiger partial charge in [0.05, 0.1) is 18.5 Å². The first kappa shape index (κ1) is 16.0. The fourth-order valence-corrected chi connectivity index (χ4v) is 2.98. The monoisotopic (exact) mass is 320 g/mol. The molecule has 1 aromatic rings. The summed E-state index contributed by atoms with van der Waals surface area (Å²) in [4.78, 5) is 14.0. The number of rotatable bonds is 6. The lowest BCUT2D eigenvalue weighted by Crippen LogP contribution is -2.47. The van der Waals surface area contributed by atoms with Gasteiger partial charge in [-0.25, -0.2) is 4.39 Å². The third-order valence-electron chi connectivity index (χ3n) is 4.46. The normalized spacial score (nSPS) is 20.5. The highest BCUT2D eigenvalue weighted by Gasteiger charge is 2.51. The van der Waals surface area contributed by atoms with Crippen LogP contribution in [0.3, 0.4) is 0 Å². The van der Waals surface area contributed by atoms with E-state index in [1.165, 1.54) is 0 Å². The van der Waals surface area contributed by atoms with Crippen LogP contribution in [0.2, 0.25) is 0 Å². The topological polar surface area (TPSA) is 64.8 Å². The van der Waals surface area contributed by atoms with Gasteiger partial charge in [-0.1, -0.05) is 12.1 Å². The van der Waals surface area contributed by atoms with E-state index in [0.29, 0.717) is 30.8 Å². The van der Waals surface area contributed by atoms with E-state index in [4.69, 9.17) is 15.2 Å². The number of nitrogens with two attached hydrogens (primary N) is 1. The van der Waals surface area contributed by atoms with Gasteiger partial charge < -0.3 is 20.1 Å². The average molecular weight is 320 g/mol. The summed E-state index contributed by atoms with van der Waals surface area (Å²) in [6, 6.07) is 7.66. The molecule has 1 aromatic carbocycles. The Labute approximate surface area is 134 Å². The maximum Gasteiger partial charge on any atom is 0.249 e. The van der Waals surface area contributed by atoms with Gasteiger partial charge in [-0.2, -0.15) is 0 Å². The van der Waals surface area contributed by atoms with E-state index in [9.17, 15) is 9.18 Å². The minimum absolute atomic E-state index is 0.0507. The van der Waals surface area contributed by atoms with Gasteiger partial charge >= 0.3 is 0 Å².